The molecule has 0 aromatic heterocycles. The quantitative estimate of drug-likeness (QED) is 0.618. The summed E-state index contributed by atoms with van der Waals surface area (Å²) in [6.07, 6.45) is 5.40. The Morgan fingerprint density at radius 3 is 2.54 bits per heavy atom. The molecule has 0 saturated carbocycles. The van der Waals surface area contributed by atoms with E-state index in [1.165, 1.54) is 0 Å². The van der Waals surface area contributed by atoms with Crippen molar-refractivity contribution in [2.45, 2.75) is 26.3 Å². The Kier molecular flexibility index (Phi) is 2.73. The van der Waals surface area contributed by atoms with Crippen LogP contribution in [0.3, 0.4) is 0 Å². The van der Waals surface area contributed by atoms with Crippen LogP contribution in [0.2, 0.25) is 0 Å². The monoisotopic (exact) mass is 184 g/mol. The van der Waals surface area contributed by atoms with E-state index in [-0.39, 0.29) is 12.1 Å². The van der Waals surface area contributed by atoms with Gasteiger partial charge in [-0.15, -0.1) is 0 Å². The van der Waals surface area contributed by atoms with Crippen LogP contribution in [-0.2, 0) is 0 Å². The van der Waals surface area contributed by atoms with Crippen molar-refractivity contribution in [2.24, 2.45) is 4.99 Å². The Morgan fingerprint density at radius 2 is 2.15 bits per heavy atom. The molecule has 13 heavy (non-hydrogen) atoms. The second-order valence-corrected chi connectivity index (χ2v) is 4.19. The zero-order chi connectivity index (χ0) is 9.95. The molecule has 0 fully saturated rings. The number of nitrogens with zero attached hydrogens (tertiary/aromatic N) is 2. The van der Waals surface area contributed by atoms with Crippen LogP contribution in [0, 0.1) is 0 Å². The van der Waals surface area contributed by atoms with Gasteiger partial charge in [-0.1, -0.05) is 0 Å². The van der Waals surface area contributed by atoms with Gasteiger partial charge < -0.3 is 5.11 Å². The summed E-state index contributed by atoms with van der Waals surface area (Å²) in [6, 6.07) is 0. The maximum absolute atomic E-state index is 9.01. The lowest BCUT2D eigenvalue weighted by atomic mass is 10.1. The molecule has 74 valence electrons. The number of nitrogens with one attached hydrogen (secondary N) is 1. The van der Waals surface area contributed by atoms with Crippen molar-refractivity contribution >= 4 is 6.34 Å². The summed E-state index contributed by atoms with van der Waals surface area (Å²) in [5.41, 5.74) is 3.18. The van der Waals surface area contributed by atoms with Crippen molar-refractivity contribution in [3.63, 3.8) is 0 Å². The third kappa shape index (κ3) is 1.89. The molecular weight excluding hydrogens is 166 g/mol. The highest BCUT2D eigenvalue weighted by molar-refractivity contribution is 5.54. The largest absolute Gasteiger partial charge is 0.390 e. The second kappa shape index (κ2) is 3.47. The molecule has 4 nitrogen and oxygen atoms in total. The molecule has 1 atom stereocenters. The number of hydrogen-bond acceptors (Lipinski definition) is 3. The summed E-state index contributed by atoms with van der Waals surface area (Å²) < 4.78 is 0.535. The number of aliphatic hydroxyl groups is 1. The number of aliphatic imine (C=N–C) groups is 1. The lowest BCUT2D eigenvalue weighted by Gasteiger charge is -2.44. The third-order valence-electron chi connectivity index (χ3n) is 2.42. The molecule has 1 aliphatic rings. The molecule has 1 aliphatic heterocycles. The molecule has 0 amide bonds. The van der Waals surface area contributed by atoms with Crippen LogP contribution in [0.4, 0.5) is 0 Å². The number of hydrogen-bond donors (Lipinski definition) is 2. The highest BCUT2D eigenvalue weighted by Gasteiger charge is 2.39. The van der Waals surface area contributed by atoms with E-state index >= 15 is 0 Å². The molecule has 0 aromatic carbocycles. The lowest BCUT2D eigenvalue weighted by Crippen LogP contribution is -2.65. The highest BCUT2D eigenvalue weighted by atomic mass is 16.3. The van der Waals surface area contributed by atoms with Crippen molar-refractivity contribution in [1.29, 1.82) is 0 Å². The highest BCUT2D eigenvalue weighted by Crippen LogP contribution is 2.23. The van der Waals surface area contributed by atoms with Gasteiger partial charge in [-0.25, -0.2) is 10.4 Å². The molecule has 0 aromatic rings. The minimum Gasteiger partial charge on any atom is -0.390 e. The molecule has 0 radical (unpaired) electrons. The third-order valence-corrected chi connectivity index (χ3v) is 2.42. The van der Waals surface area contributed by atoms with E-state index < -0.39 is 0 Å². The molecule has 1 rings (SSSR count). The molecule has 4 heteroatoms. The smallest absolute Gasteiger partial charge is 0.139 e. The SMILES string of the molecule is CC(C)(C)[N+]1(CCO)C=CN=CN1. The maximum atomic E-state index is 9.01. The Morgan fingerprint density at radius 1 is 1.46 bits per heavy atom. The van der Waals surface area contributed by atoms with Crippen LogP contribution < -0.4 is 5.43 Å². The first kappa shape index (κ1) is 10.2. The van der Waals surface area contributed by atoms with Crippen molar-refractivity contribution < 1.29 is 9.70 Å². The van der Waals surface area contributed by atoms with E-state index in [0.29, 0.717) is 11.1 Å². The number of quaternary nitrogens is 1. The van der Waals surface area contributed by atoms with Gasteiger partial charge in [-0.2, -0.15) is 4.59 Å². The van der Waals surface area contributed by atoms with Gasteiger partial charge in [0.2, 0.25) is 0 Å². The molecule has 1 unspecified atom stereocenters. The fourth-order valence-corrected chi connectivity index (χ4v) is 1.42. The topological polar surface area (TPSA) is 44.6 Å². The molecule has 0 bridgehead atoms. The van der Waals surface area contributed by atoms with Crippen LogP contribution in [0.1, 0.15) is 20.8 Å². The summed E-state index contributed by atoms with van der Waals surface area (Å²) in [6.45, 7) is 7.17. The van der Waals surface area contributed by atoms with Gasteiger partial charge >= 0.3 is 0 Å². The van der Waals surface area contributed by atoms with E-state index in [2.05, 4.69) is 31.2 Å². The van der Waals surface area contributed by atoms with E-state index in [1.54, 1.807) is 12.5 Å². The summed E-state index contributed by atoms with van der Waals surface area (Å²) in [7, 11) is 0. The van der Waals surface area contributed by atoms with E-state index in [4.69, 9.17) is 5.11 Å². The maximum Gasteiger partial charge on any atom is 0.139 e. The Hall–Kier alpha value is -0.870. The van der Waals surface area contributed by atoms with E-state index in [1.807, 2.05) is 6.20 Å². The molecular formula is C9H18N3O+. The van der Waals surface area contributed by atoms with Crippen LogP contribution in [-0.4, -0.2) is 34.7 Å². The van der Waals surface area contributed by atoms with Crippen molar-refractivity contribution in [3.05, 3.63) is 12.4 Å². The van der Waals surface area contributed by atoms with Crippen LogP contribution in [0.15, 0.2) is 17.4 Å². The van der Waals surface area contributed by atoms with E-state index in [0.717, 1.165) is 0 Å². The predicted molar refractivity (Wildman–Crippen MR) is 52.7 cm³/mol. The fourth-order valence-electron chi connectivity index (χ4n) is 1.42. The number of rotatable bonds is 2. The van der Waals surface area contributed by atoms with Crippen LogP contribution >= 0.6 is 0 Å². The van der Waals surface area contributed by atoms with Crippen molar-refractivity contribution in [1.82, 2.24) is 5.43 Å². The van der Waals surface area contributed by atoms with Gasteiger partial charge in [-0.3, -0.25) is 0 Å². The summed E-state index contributed by atoms with van der Waals surface area (Å²) >= 11 is 0. The first-order chi connectivity index (χ1) is 6.02. The van der Waals surface area contributed by atoms with Crippen LogP contribution in [0.5, 0.6) is 0 Å². The summed E-state index contributed by atoms with van der Waals surface area (Å²) in [5.74, 6) is 0. The molecule has 0 aliphatic carbocycles. The average molecular weight is 184 g/mol. The average Bonchev–Trinajstić information content (AvgIpc) is 2.04. The predicted octanol–water partition coefficient (Wildman–Crippen LogP) is 0.612. The van der Waals surface area contributed by atoms with E-state index in [9.17, 15) is 0 Å². The normalized spacial score (nSPS) is 27.4. The van der Waals surface area contributed by atoms with Gasteiger partial charge in [-0.05, 0) is 20.8 Å². The standard InChI is InChI=1S/C9H18N3O/c1-9(2,3)12(6-7-13)5-4-10-8-11-12/h4-5,8,13H,6-7H2,1-3H3,(H,10,11)/q+1. The lowest BCUT2D eigenvalue weighted by molar-refractivity contribution is -0.957. The Bertz CT molecular complexity index is 230. The van der Waals surface area contributed by atoms with Gasteiger partial charge in [0, 0.05) is 0 Å². The molecule has 2 N–H and O–H groups in total. The van der Waals surface area contributed by atoms with Crippen molar-refractivity contribution in [2.75, 3.05) is 13.2 Å². The number of aliphatic hydroxyl groups excluding tert-OH is 1. The van der Waals surface area contributed by atoms with Crippen LogP contribution in [0.25, 0.3) is 0 Å². The molecule has 0 saturated heterocycles. The minimum atomic E-state index is 0.00562. The minimum absolute atomic E-state index is 0.00562. The van der Waals surface area contributed by atoms with Gasteiger partial charge in [0.1, 0.15) is 24.6 Å². The first-order valence-electron chi connectivity index (χ1n) is 4.48. The Balaban J connectivity index is 2.88. The summed E-state index contributed by atoms with van der Waals surface area (Å²) in [5, 5.41) is 9.01. The zero-order valence-corrected chi connectivity index (χ0v) is 8.49. The van der Waals surface area contributed by atoms with Gasteiger partial charge in [0.05, 0.1) is 12.8 Å². The van der Waals surface area contributed by atoms with Gasteiger partial charge in [0.25, 0.3) is 0 Å². The molecule has 0 spiro atoms. The zero-order valence-electron chi connectivity index (χ0n) is 8.49. The van der Waals surface area contributed by atoms with Gasteiger partial charge in [0.15, 0.2) is 0 Å². The summed E-state index contributed by atoms with van der Waals surface area (Å²) in [4.78, 5) is 3.95. The second-order valence-electron chi connectivity index (χ2n) is 4.19. The fraction of sp³-hybridized carbons (Fsp3) is 0.667. The molecule has 1 heterocycles. The first-order valence-corrected chi connectivity index (χ1v) is 4.48. The Labute approximate surface area is 79.1 Å². The van der Waals surface area contributed by atoms with Crippen molar-refractivity contribution in [3.8, 4) is 0 Å².